The van der Waals surface area contributed by atoms with Crippen molar-refractivity contribution in [1.29, 1.82) is 0 Å². The molecular formula is C20H18N2O3. The number of aromatic amines is 1. The normalized spacial score (nSPS) is 18.8. The molecule has 25 heavy (non-hydrogen) atoms. The van der Waals surface area contributed by atoms with Crippen LogP contribution in [0.1, 0.15) is 28.4 Å². The van der Waals surface area contributed by atoms with Crippen molar-refractivity contribution in [3.63, 3.8) is 0 Å². The van der Waals surface area contributed by atoms with Crippen LogP contribution in [0.3, 0.4) is 0 Å². The van der Waals surface area contributed by atoms with E-state index in [-0.39, 0.29) is 23.4 Å². The quantitative estimate of drug-likeness (QED) is 0.715. The van der Waals surface area contributed by atoms with Gasteiger partial charge in [-0.15, -0.1) is 0 Å². The van der Waals surface area contributed by atoms with Crippen LogP contribution in [0, 0.1) is 5.92 Å². The number of amides is 1. The van der Waals surface area contributed by atoms with Crippen molar-refractivity contribution in [3.8, 4) is 0 Å². The monoisotopic (exact) mass is 334 g/mol. The zero-order valence-electron chi connectivity index (χ0n) is 13.8. The van der Waals surface area contributed by atoms with Gasteiger partial charge in [-0.1, -0.05) is 48.5 Å². The molecule has 2 aromatic carbocycles. The molecule has 0 bridgehead atoms. The van der Waals surface area contributed by atoms with Crippen LogP contribution in [0.15, 0.2) is 54.6 Å². The summed E-state index contributed by atoms with van der Waals surface area (Å²) in [6.07, 6.45) is 0.825. The number of ether oxygens (including phenoxy) is 1. The van der Waals surface area contributed by atoms with Crippen LogP contribution in [0.4, 0.5) is 5.69 Å². The maximum Gasteiger partial charge on any atom is 0.356 e. The molecule has 0 aliphatic heterocycles. The van der Waals surface area contributed by atoms with E-state index in [1.54, 1.807) is 0 Å². The summed E-state index contributed by atoms with van der Waals surface area (Å²) < 4.78 is 4.83. The van der Waals surface area contributed by atoms with E-state index in [0.717, 1.165) is 17.3 Å². The maximum absolute atomic E-state index is 12.7. The fraction of sp³-hybridized carbons (Fsp3) is 0.200. The number of carbonyl (C=O) groups excluding carboxylic acids is 2. The highest BCUT2D eigenvalue weighted by Gasteiger charge is 2.44. The van der Waals surface area contributed by atoms with Gasteiger partial charge in [-0.25, -0.2) is 4.79 Å². The highest BCUT2D eigenvalue weighted by Crippen LogP contribution is 2.48. The number of hydrogen-bond acceptors (Lipinski definition) is 3. The molecule has 1 aromatic heterocycles. The minimum Gasteiger partial charge on any atom is -0.464 e. The molecule has 2 atom stereocenters. The van der Waals surface area contributed by atoms with Crippen LogP contribution in [0.5, 0.6) is 0 Å². The number of benzene rings is 2. The van der Waals surface area contributed by atoms with Crippen molar-refractivity contribution in [1.82, 2.24) is 4.98 Å². The van der Waals surface area contributed by atoms with Gasteiger partial charge in [-0.2, -0.15) is 0 Å². The van der Waals surface area contributed by atoms with Crippen LogP contribution in [0.25, 0.3) is 10.9 Å². The third-order valence-electron chi connectivity index (χ3n) is 4.70. The summed E-state index contributed by atoms with van der Waals surface area (Å²) in [6, 6.07) is 17.5. The van der Waals surface area contributed by atoms with Gasteiger partial charge in [-0.05, 0) is 24.0 Å². The zero-order valence-corrected chi connectivity index (χ0v) is 13.8. The Kier molecular flexibility index (Phi) is 3.76. The molecule has 1 amide bonds. The first kappa shape index (κ1) is 15.4. The highest BCUT2D eigenvalue weighted by molar-refractivity contribution is 6.11. The second kappa shape index (κ2) is 6.09. The summed E-state index contributed by atoms with van der Waals surface area (Å²) in [6.45, 7) is 0. The number of hydrogen-bond donors (Lipinski definition) is 2. The maximum atomic E-state index is 12.7. The summed E-state index contributed by atoms with van der Waals surface area (Å²) in [4.78, 5) is 27.8. The minimum absolute atomic E-state index is 0.0660. The number of rotatable bonds is 4. The molecule has 4 rings (SSSR count). The molecule has 1 aliphatic rings. The predicted octanol–water partition coefficient (Wildman–Crippen LogP) is 3.70. The van der Waals surface area contributed by atoms with Crippen LogP contribution < -0.4 is 5.32 Å². The largest absolute Gasteiger partial charge is 0.464 e. The molecule has 0 saturated heterocycles. The van der Waals surface area contributed by atoms with Crippen molar-refractivity contribution in [2.75, 3.05) is 12.4 Å². The Bertz CT molecular complexity index is 946. The van der Waals surface area contributed by atoms with Crippen LogP contribution in [-0.2, 0) is 9.53 Å². The van der Waals surface area contributed by atoms with Gasteiger partial charge in [0.2, 0.25) is 5.91 Å². The predicted molar refractivity (Wildman–Crippen MR) is 95.6 cm³/mol. The average molecular weight is 334 g/mol. The molecule has 3 aromatic rings. The first-order valence-electron chi connectivity index (χ1n) is 8.24. The standard InChI is InChI=1S/C20H18N2O3/c1-25-20(24)18-17(13-9-5-6-10-16(13)21-18)22-19(23)15-11-14(15)12-7-3-2-4-8-12/h2-10,14-15,21H,11H2,1H3,(H,22,23)/t14-,15-/m0/s1. The fourth-order valence-corrected chi connectivity index (χ4v) is 3.30. The summed E-state index contributed by atoms with van der Waals surface area (Å²) in [5, 5.41) is 3.74. The van der Waals surface area contributed by atoms with E-state index in [0.29, 0.717) is 5.69 Å². The van der Waals surface area contributed by atoms with Crippen molar-refractivity contribution in [2.45, 2.75) is 12.3 Å². The number of anilines is 1. The summed E-state index contributed by atoms with van der Waals surface area (Å²) in [7, 11) is 1.33. The van der Waals surface area contributed by atoms with E-state index < -0.39 is 5.97 Å². The van der Waals surface area contributed by atoms with Gasteiger partial charge in [0.05, 0.1) is 12.8 Å². The molecule has 0 radical (unpaired) electrons. The zero-order chi connectivity index (χ0) is 17.4. The molecule has 2 N–H and O–H groups in total. The first-order chi connectivity index (χ1) is 12.2. The number of methoxy groups -OCH3 is 1. The Balaban J connectivity index is 1.60. The summed E-state index contributed by atoms with van der Waals surface area (Å²) in [5.74, 6) is -0.389. The highest BCUT2D eigenvalue weighted by atomic mass is 16.5. The van der Waals surface area contributed by atoms with Gasteiger partial charge in [0.25, 0.3) is 0 Å². The van der Waals surface area contributed by atoms with Crippen molar-refractivity contribution < 1.29 is 14.3 Å². The van der Waals surface area contributed by atoms with E-state index in [2.05, 4.69) is 10.3 Å². The topological polar surface area (TPSA) is 71.2 Å². The molecule has 1 saturated carbocycles. The molecule has 5 heteroatoms. The fourth-order valence-electron chi connectivity index (χ4n) is 3.30. The van der Waals surface area contributed by atoms with Crippen LogP contribution in [-0.4, -0.2) is 24.0 Å². The Hall–Kier alpha value is -3.08. The van der Waals surface area contributed by atoms with Gasteiger partial charge in [0.1, 0.15) is 5.69 Å². The second-order valence-corrected chi connectivity index (χ2v) is 6.26. The summed E-state index contributed by atoms with van der Waals surface area (Å²) in [5.41, 5.74) is 2.73. The molecular weight excluding hydrogens is 316 g/mol. The third-order valence-corrected chi connectivity index (χ3v) is 4.70. The Morgan fingerprint density at radius 2 is 1.80 bits per heavy atom. The Labute approximate surface area is 145 Å². The lowest BCUT2D eigenvalue weighted by Crippen LogP contribution is -2.17. The van der Waals surface area contributed by atoms with Crippen molar-refractivity contribution >= 4 is 28.5 Å². The molecule has 1 aliphatic carbocycles. The molecule has 126 valence electrons. The van der Waals surface area contributed by atoms with Gasteiger partial charge >= 0.3 is 5.97 Å². The number of esters is 1. The minimum atomic E-state index is -0.498. The van der Waals surface area contributed by atoms with Gasteiger partial charge < -0.3 is 15.0 Å². The molecule has 5 nitrogen and oxygen atoms in total. The van der Waals surface area contributed by atoms with Gasteiger partial charge in [-0.3, -0.25) is 4.79 Å². The van der Waals surface area contributed by atoms with Crippen molar-refractivity contribution in [2.24, 2.45) is 5.92 Å². The number of H-pyrrole nitrogens is 1. The van der Waals surface area contributed by atoms with E-state index in [4.69, 9.17) is 4.74 Å². The van der Waals surface area contributed by atoms with E-state index >= 15 is 0 Å². The van der Waals surface area contributed by atoms with E-state index in [9.17, 15) is 9.59 Å². The molecule has 1 heterocycles. The SMILES string of the molecule is COC(=O)c1[nH]c2ccccc2c1NC(=O)[C@H]1C[C@H]1c1ccccc1. The third kappa shape index (κ3) is 2.78. The average Bonchev–Trinajstić information content (AvgIpc) is 3.39. The molecule has 0 spiro atoms. The number of nitrogens with one attached hydrogen (secondary N) is 2. The second-order valence-electron chi connectivity index (χ2n) is 6.26. The lowest BCUT2D eigenvalue weighted by Gasteiger charge is -2.06. The molecule has 1 fully saturated rings. The number of fused-ring (bicyclic) bond motifs is 1. The lowest BCUT2D eigenvalue weighted by atomic mass is 10.1. The number of carbonyl (C=O) groups is 2. The summed E-state index contributed by atoms with van der Waals surface area (Å²) >= 11 is 0. The Morgan fingerprint density at radius 3 is 2.56 bits per heavy atom. The first-order valence-corrected chi connectivity index (χ1v) is 8.24. The van der Waals surface area contributed by atoms with Crippen LogP contribution >= 0.6 is 0 Å². The number of aromatic nitrogens is 1. The van der Waals surface area contributed by atoms with E-state index in [1.807, 2.05) is 54.6 Å². The smallest absolute Gasteiger partial charge is 0.356 e. The van der Waals surface area contributed by atoms with Crippen molar-refractivity contribution in [3.05, 3.63) is 65.9 Å². The number of para-hydroxylation sites is 1. The van der Waals surface area contributed by atoms with E-state index in [1.165, 1.54) is 12.7 Å². The lowest BCUT2D eigenvalue weighted by molar-refractivity contribution is -0.117. The Morgan fingerprint density at radius 1 is 1.08 bits per heavy atom. The molecule has 0 unspecified atom stereocenters. The van der Waals surface area contributed by atoms with Gasteiger partial charge in [0, 0.05) is 16.8 Å². The van der Waals surface area contributed by atoms with Crippen LogP contribution in [0.2, 0.25) is 0 Å². The van der Waals surface area contributed by atoms with Gasteiger partial charge in [0.15, 0.2) is 0 Å².